The van der Waals surface area contributed by atoms with Gasteiger partial charge < -0.3 is 0 Å². The number of nitrogens with zero attached hydrogens (tertiary/aromatic N) is 3. The summed E-state index contributed by atoms with van der Waals surface area (Å²) in [5.41, 5.74) is 8.23. The van der Waals surface area contributed by atoms with Crippen LogP contribution in [-0.2, 0) is 5.41 Å². The van der Waals surface area contributed by atoms with Gasteiger partial charge in [0.15, 0.2) is 0 Å². The quantitative estimate of drug-likeness (QED) is 0.298. The molecule has 3 nitrogen and oxygen atoms in total. The molecule has 0 aliphatic heterocycles. The fraction of sp³-hybridized carbons (Fsp3) is 0.100. The number of benzene rings is 2. The van der Waals surface area contributed by atoms with Crippen molar-refractivity contribution in [1.82, 2.24) is 15.0 Å². The van der Waals surface area contributed by atoms with Gasteiger partial charge in [-0.1, -0.05) is 80.6 Å². The lowest BCUT2D eigenvalue weighted by atomic mass is 9.80. The molecule has 2 aromatic carbocycles. The highest BCUT2D eigenvalue weighted by Gasteiger charge is 2.25. The second-order valence-electron chi connectivity index (χ2n) is 8.65. The summed E-state index contributed by atoms with van der Waals surface area (Å²) in [5, 5.41) is 0. The van der Waals surface area contributed by atoms with Crippen molar-refractivity contribution in [2.24, 2.45) is 0 Å². The molecule has 0 saturated heterocycles. The predicted molar refractivity (Wildman–Crippen MR) is 135 cm³/mol. The third kappa shape index (κ3) is 4.31. The van der Waals surface area contributed by atoms with Gasteiger partial charge in [-0.15, -0.1) is 0 Å². The largest absolute Gasteiger partial charge is 0.263 e. The monoisotopic (exact) mass is 427 g/mol. The molecular weight excluding hydrogens is 402 g/mol. The Kier molecular flexibility index (Phi) is 5.54. The Morgan fingerprint density at radius 2 is 1.24 bits per heavy atom. The Balaban J connectivity index is 1.46. The minimum absolute atomic E-state index is 0.239. The second-order valence-corrected chi connectivity index (χ2v) is 8.65. The van der Waals surface area contributed by atoms with Crippen LogP contribution in [0.5, 0.6) is 0 Å². The first-order valence-corrected chi connectivity index (χ1v) is 11.1. The first kappa shape index (κ1) is 20.8. The molecule has 3 heterocycles. The fourth-order valence-electron chi connectivity index (χ4n) is 4.06. The van der Waals surface area contributed by atoms with Gasteiger partial charge in [0.1, 0.15) is 0 Å². The fourth-order valence-corrected chi connectivity index (χ4v) is 4.06. The summed E-state index contributed by atoms with van der Waals surface area (Å²) < 4.78 is 0. The number of rotatable bonds is 5. The summed E-state index contributed by atoms with van der Waals surface area (Å²) in [5.74, 6) is 0. The zero-order valence-electron chi connectivity index (χ0n) is 18.8. The molecule has 160 valence electrons. The SMILES string of the molecule is CC(C)(c1ccc(-c2ccccc2)cc1)c1cccc(-c2cncc(-c3ccccn3)c2)n1. The smallest absolute Gasteiger partial charge is 0.0721 e. The molecule has 0 amide bonds. The third-order valence-electron chi connectivity index (χ3n) is 6.10. The first-order chi connectivity index (χ1) is 16.1. The van der Waals surface area contributed by atoms with Crippen molar-refractivity contribution in [2.45, 2.75) is 19.3 Å². The molecule has 0 fully saturated rings. The second kappa shape index (κ2) is 8.79. The summed E-state index contributed by atoms with van der Waals surface area (Å²) in [4.78, 5) is 13.9. The summed E-state index contributed by atoms with van der Waals surface area (Å²) in [6, 6.07) is 33.5. The molecule has 0 radical (unpaired) electrons. The molecule has 0 atom stereocenters. The summed E-state index contributed by atoms with van der Waals surface area (Å²) >= 11 is 0. The van der Waals surface area contributed by atoms with E-state index in [1.807, 2.05) is 42.7 Å². The highest BCUT2D eigenvalue weighted by atomic mass is 14.7. The van der Waals surface area contributed by atoms with Crippen LogP contribution < -0.4 is 0 Å². The van der Waals surface area contributed by atoms with Crippen molar-refractivity contribution in [3.63, 3.8) is 0 Å². The van der Waals surface area contributed by atoms with Crippen LogP contribution in [0.2, 0.25) is 0 Å². The third-order valence-corrected chi connectivity index (χ3v) is 6.10. The van der Waals surface area contributed by atoms with E-state index in [0.29, 0.717) is 0 Å². The van der Waals surface area contributed by atoms with E-state index >= 15 is 0 Å². The Morgan fingerprint density at radius 1 is 0.576 bits per heavy atom. The maximum Gasteiger partial charge on any atom is 0.0721 e. The van der Waals surface area contributed by atoms with Crippen molar-refractivity contribution >= 4 is 0 Å². The Morgan fingerprint density at radius 3 is 1.97 bits per heavy atom. The number of aromatic nitrogens is 3. The van der Waals surface area contributed by atoms with Gasteiger partial charge in [-0.2, -0.15) is 0 Å². The number of hydrogen-bond acceptors (Lipinski definition) is 3. The van der Waals surface area contributed by atoms with E-state index in [4.69, 9.17) is 4.98 Å². The van der Waals surface area contributed by atoms with Crippen LogP contribution in [0.15, 0.2) is 116 Å². The van der Waals surface area contributed by atoms with Crippen molar-refractivity contribution in [2.75, 3.05) is 0 Å². The van der Waals surface area contributed by atoms with E-state index in [-0.39, 0.29) is 5.41 Å². The molecule has 3 aromatic heterocycles. The number of pyridine rings is 3. The minimum Gasteiger partial charge on any atom is -0.263 e. The molecule has 0 bridgehead atoms. The zero-order chi connectivity index (χ0) is 22.7. The average molecular weight is 428 g/mol. The van der Waals surface area contributed by atoms with Crippen molar-refractivity contribution < 1.29 is 0 Å². The van der Waals surface area contributed by atoms with Crippen LogP contribution in [0.1, 0.15) is 25.1 Å². The molecule has 3 heteroatoms. The molecule has 0 spiro atoms. The maximum atomic E-state index is 5.05. The van der Waals surface area contributed by atoms with E-state index in [0.717, 1.165) is 28.2 Å². The predicted octanol–water partition coefficient (Wildman–Crippen LogP) is 7.20. The van der Waals surface area contributed by atoms with E-state index in [1.165, 1.54) is 16.7 Å². The van der Waals surface area contributed by atoms with Crippen LogP contribution in [0.3, 0.4) is 0 Å². The Hall–Kier alpha value is -4.11. The normalized spacial score (nSPS) is 11.3. The van der Waals surface area contributed by atoms with Crippen LogP contribution in [0, 0.1) is 0 Å². The average Bonchev–Trinajstić information content (AvgIpc) is 2.90. The molecule has 0 N–H and O–H groups in total. The highest BCUT2D eigenvalue weighted by Crippen LogP contribution is 2.33. The van der Waals surface area contributed by atoms with Gasteiger partial charge >= 0.3 is 0 Å². The Bertz CT molecular complexity index is 1360. The lowest BCUT2D eigenvalue weighted by molar-refractivity contribution is 0.618. The van der Waals surface area contributed by atoms with Crippen molar-refractivity contribution in [3.8, 4) is 33.6 Å². The van der Waals surface area contributed by atoms with Gasteiger partial charge in [-0.25, -0.2) is 0 Å². The molecular formula is C30H25N3. The summed E-state index contributed by atoms with van der Waals surface area (Å²) in [6.45, 7) is 4.44. The molecule has 33 heavy (non-hydrogen) atoms. The summed E-state index contributed by atoms with van der Waals surface area (Å²) in [6.07, 6.45) is 5.50. The van der Waals surface area contributed by atoms with E-state index < -0.39 is 0 Å². The van der Waals surface area contributed by atoms with Gasteiger partial charge in [-0.05, 0) is 47.0 Å². The van der Waals surface area contributed by atoms with E-state index in [1.54, 1.807) is 6.20 Å². The number of hydrogen-bond donors (Lipinski definition) is 0. The van der Waals surface area contributed by atoms with Gasteiger partial charge in [0.2, 0.25) is 0 Å². The standard InChI is InChI=1S/C30H25N3/c1-30(2,26-16-14-23(15-17-26)22-9-4-3-5-10-22)29-13-8-12-28(33-29)25-19-24(20-31-21-25)27-11-6-7-18-32-27/h3-21H,1-2H3. The topological polar surface area (TPSA) is 38.7 Å². The lowest BCUT2D eigenvalue weighted by Crippen LogP contribution is -2.20. The van der Waals surface area contributed by atoms with Crippen LogP contribution in [-0.4, -0.2) is 15.0 Å². The maximum absolute atomic E-state index is 5.05. The summed E-state index contributed by atoms with van der Waals surface area (Å²) in [7, 11) is 0. The van der Waals surface area contributed by atoms with Crippen molar-refractivity contribution in [1.29, 1.82) is 0 Å². The van der Waals surface area contributed by atoms with Gasteiger partial charge in [0, 0.05) is 35.1 Å². The molecule has 0 aliphatic carbocycles. The van der Waals surface area contributed by atoms with Crippen molar-refractivity contribution in [3.05, 3.63) is 127 Å². The first-order valence-electron chi connectivity index (χ1n) is 11.1. The van der Waals surface area contributed by atoms with Gasteiger partial charge in [0.05, 0.1) is 17.1 Å². The highest BCUT2D eigenvalue weighted by molar-refractivity contribution is 5.68. The molecule has 5 rings (SSSR count). The molecule has 5 aromatic rings. The van der Waals surface area contributed by atoms with Gasteiger partial charge in [0.25, 0.3) is 0 Å². The van der Waals surface area contributed by atoms with Crippen LogP contribution in [0.4, 0.5) is 0 Å². The molecule has 0 saturated carbocycles. The van der Waals surface area contributed by atoms with E-state index in [2.05, 4.69) is 90.5 Å². The van der Waals surface area contributed by atoms with Gasteiger partial charge in [-0.3, -0.25) is 15.0 Å². The lowest BCUT2D eigenvalue weighted by Gasteiger charge is -2.25. The molecule has 0 unspecified atom stereocenters. The Labute approximate surface area is 194 Å². The zero-order valence-corrected chi connectivity index (χ0v) is 18.8. The minimum atomic E-state index is -0.239. The van der Waals surface area contributed by atoms with Crippen LogP contribution in [0.25, 0.3) is 33.6 Å². The van der Waals surface area contributed by atoms with Crippen LogP contribution >= 0.6 is 0 Å². The van der Waals surface area contributed by atoms with E-state index in [9.17, 15) is 0 Å². The molecule has 0 aliphatic rings.